The Morgan fingerprint density at radius 2 is 1.97 bits per heavy atom. The molecule has 0 unspecified atom stereocenters. The van der Waals surface area contributed by atoms with E-state index in [1.54, 1.807) is 16.6 Å². The fraction of sp³-hybridized carbons (Fsp3) is 0.393. The lowest BCUT2D eigenvalue weighted by atomic mass is 9.99. The Kier molecular flexibility index (Phi) is 7.54. The zero-order chi connectivity index (χ0) is 24.9. The maximum Gasteiger partial charge on any atom is 0.270 e. The highest BCUT2D eigenvalue weighted by atomic mass is 16.5. The normalized spacial score (nSPS) is 16.3. The van der Waals surface area contributed by atoms with Crippen molar-refractivity contribution in [3.8, 4) is 11.6 Å². The molecule has 7 nitrogen and oxygen atoms in total. The van der Waals surface area contributed by atoms with Crippen LogP contribution in [0.4, 0.5) is 0 Å². The lowest BCUT2D eigenvalue weighted by Crippen LogP contribution is -2.38. The Hall–Kier alpha value is -3.61. The number of likely N-dealkylation sites (tertiary alicyclic amines) is 1. The number of hydrogen-bond acceptors (Lipinski definition) is 5. The summed E-state index contributed by atoms with van der Waals surface area (Å²) in [5, 5.41) is 10.8. The topological polar surface area (TPSA) is 84.7 Å². The standard InChI is InChI=1S/C28H33N3O4/c1-4-5-14-24-29-26(32)25(27(33)30-16-15-22(18-30)20-10-7-6-8-11-20)28(34)31(24)19(2)21-12-9-13-23(17-21)35-3/h6-13,17,19,22,32H,4-5,14-16,18H2,1-3H3/t19-,22-/m0/s1. The van der Waals surface area contributed by atoms with Gasteiger partial charge in [-0.2, -0.15) is 4.98 Å². The van der Waals surface area contributed by atoms with Crippen LogP contribution in [-0.2, 0) is 6.42 Å². The molecule has 1 aliphatic heterocycles. The smallest absolute Gasteiger partial charge is 0.270 e. The van der Waals surface area contributed by atoms with Crippen LogP contribution in [0.3, 0.4) is 0 Å². The fourth-order valence-electron chi connectivity index (χ4n) is 4.81. The predicted molar refractivity (Wildman–Crippen MR) is 135 cm³/mol. The van der Waals surface area contributed by atoms with E-state index in [4.69, 9.17) is 4.74 Å². The van der Waals surface area contributed by atoms with Crippen LogP contribution in [0.15, 0.2) is 59.4 Å². The van der Waals surface area contributed by atoms with Crippen molar-refractivity contribution in [1.82, 2.24) is 14.5 Å². The second-order valence-corrected chi connectivity index (χ2v) is 9.11. The first kappa shape index (κ1) is 24.5. The van der Waals surface area contributed by atoms with Gasteiger partial charge in [-0.15, -0.1) is 0 Å². The third-order valence-electron chi connectivity index (χ3n) is 6.85. The van der Waals surface area contributed by atoms with Crippen LogP contribution in [0.1, 0.15) is 72.4 Å². The summed E-state index contributed by atoms with van der Waals surface area (Å²) in [4.78, 5) is 33.3. The molecule has 3 aromatic rings. The number of carbonyl (C=O) groups is 1. The van der Waals surface area contributed by atoms with Crippen LogP contribution in [0.25, 0.3) is 0 Å². The van der Waals surface area contributed by atoms with E-state index in [-0.39, 0.29) is 17.5 Å². The van der Waals surface area contributed by atoms with Gasteiger partial charge in [0.05, 0.1) is 13.2 Å². The molecule has 1 aliphatic rings. The van der Waals surface area contributed by atoms with Gasteiger partial charge in [0, 0.05) is 25.4 Å². The van der Waals surface area contributed by atoms with Crippen molar-refractivity contribution >= 4 is 5.91 Å². The number of aromatic hydroxyl groups is 1. The molecule has 4 rings (SSSR count). The SMILES string of the molecule is CCCCc1nc(O)c(C(=O)N2CC[C@H](c3ccccc3)C2)c(=O)n1[C@@H](C)c1cccc(OC)c1. The molecule has 1 amide bonds. The summed E-state index contributed by atoms with van der Waals surface area (Å²) >= 11 is 0. The van der Waals surface area contributed by atoms with E-state index in [2.05, 4.69) is 24.0 Å². The summed E-state index contributed by atoms with van der Waals surface area (Å²) in [6.07, 6.45) is 3.07. The van der Waals surface area contributed by atoms with Gasteiger partial charge >= 0.3 is 0 Å². The molecule has 0 aliphatic carbocycles. The average Bonchev–Trinajstić information content (AvgIpc) is 3.38. The van der Waals surface area contributed by atoms with Crippen LogP contribution in [0, 0.1) is 0 Å². The zero-order valence-corrected chi connectivity index (χ0v) is 20.6. The number of hydrogen-bond donors (Lipinski definition) is 1. The molecule has 1 saturated heterocycles. The number of amides is 1. The van der Waals surface area contributed by atoms with E-state index in [1.807, 2.05) is 49.4 Å². The molecule has 2 aromatic carbocycles. The fourth-order valence-corrected chi connectivity index (χ4v) is 4.81. The maximum absolute atomic E-state index is 13.8. The largest absolute Gasteiger partial charge is 0.497 e. The molecule has 1 N–H and O–H groups in total. The molecule has 0 radical (unpaired) electrons. The van der Waals surface area contributed by atoms with E-state index >= 15 is 0 Å². The van der Waals surface area contributed by atoms with E-state index in [0.717, 1.165) is 24.8 Å². The number of benzene rings is 2. The van der Waals surface area contributed by atoms with Gasteiger partial charge in [0.15, 0.2) is 5.56 Å². The second kappa shape index (κ2) is 10.8. The van der Waals surface area contributed by atoms with Gasteiger partial charge in [-0.3, -0.25) is 14.2 Å². The number of methoxy groups -OCH3 is 1. The number of aromatic nitrogens is 2. The van der Waals surface area contributed by atoms with Crippen molar-refractivity contribution in [1.29, 1.82) is 0 Å². The molecular weight excluding hydrogens is 442 g/mol. The Labute approximate surface area is 206 Å². The van der Waals surface area contributed by atoms with Crippen molar-refractivity contribution in [2.75, 3.05) is 20.2 Å². The van der Waals surface area contributed by atoms with Crippen molar-refractivity contribution in [3.05, 3.63) is 87.5 Å². The van der Waals surface area contributed by atoms with Gasteiger partial charge in [-0.25, -0.2) is 0 Å². The average molecular weight is 476 g/mol. The lowest BCUT2D eigenvalue weighted by Gasteiger charge is -2.23. The van der Waals surface area contributed by atoms with Gasteiger partial charge < -0.3 is 14.7 Å². The molecule has 7 heteroatoms. The van der Waals surface area contributed by atoms with Gasteiger partial charge in [0.2, 0.25) is 5.88 Å². The molecule has 2 heterocycles. The number of aryl methyl sites for hydroxylation is 1. The Morgan fingerprint density at radius 3 is 2.69 bits per heavy atom. The lowest BCUT2D eigenvalue weighted by molar-refractivity contribution is 0.0783. The monoisotopic (exact) mass is 475 g/mol. The first-order chi connectivity index (χ1) is 16.9. The predicted octanol–water partition coefficient (Wildman–Crippen LogP) is 4.54. The summed E-state index contributed by atoms with van der Waals surface area (Å²) in [6, 6.07) is 17.2. The van der Waals surface area contributed by atoms with Gasteiger partial charge in [-0.1, -0.05) is 55.8 Å². The highest BCUT2D eigenvalue weighted by molar-refractivity contribution is 5.96. The van der Waals surface area contributed by atoms with Gasteiger partial charge in [-0.05, 0) is 43.0 Å². The molecule has 35 heavy (non-hydrogen) atoms. The minimum Gasteiger partial charge on any atom is -0.497 e. The van der Waals surface area contributed by atoms with Crippen LogP contribution in [-0.4, -0.2) is 45.7 Å². The summed E-state index contributed by atoms with van der Waals surface area (Å²) in [6.45, 7) is 4.99. The molecule has 0 spiro atoms. The summed E-state index contributed by atoms with van der Waals surface area (Å²) in [7, 11) is 1.60. The molecular formula is C28H33N3O4. The Morgan fingerprint density at radius 1 is 1.20 bits per heavy atom. The minimum absolute atomic E-state index is 0.206. The molecule has 2 atom stereocenters. The Balaban J connectivity index is 1.71. The first-order valence-electron chi connectivity index (χ1n) is 12.3. The van der Waals surface area contributed by atoms with E-state index in [9.17, 15) is 14.7 Å². The molecule has 1 aromatic heterocycles. The van der Waals surface area contributed by atoms with Crippen molar-refractivity contribution < 1.29 is 14.6 Å². The summed E-state index contributed by atoms with van der Waals surface area (Å²) < 4.78 is 6.92. The number of ether oxygens (including phenoxy) is 1. The number of nitrogens with zero attached hydrogens (tertiary/aromatic N) is 3. The molecule has 184 valence electrons. The van der Waals surface area contributed by atoms with E-state index < -0.39 is 17.3 Å². The quantitative estimate of drug-likeness (QED) is 0.517. The maximum atomic E-state index is 13.8. The molecule has 0 saturated carbocycles. The van der Waals surface area contributed by atoms with Crippen LogP contribution in [0.5, 0.6) is 11.6 Å². The summed E-state index contributed by atoms with van der Waals surface area (Å²) in [5.41, 5.74) is 1.27. The molecule has 1 fully saturated rings. The van der Waals surface area contributed by atoms with Crippen LogP contribution < -0.4 is 10.3 Å². The van der Waals surface area contributed by atoms with Gasteiger partial charge in [0.1, 0.15) is 11.6 Å². The third kappa shape index (κ3) is 5.09. The zero-order valence-electron chi connectivity index (χ0n) is 20.6. The van der Waals surface area contributed by atoms with Crippen LogP contribution in [0.2, 0.25) is 0 Å². The van der Waals surface area contributed by atoms with E-state index in [0.29, 0.717) is 31.1 Å². The minimum atomic E-state index is -0.507. The Bertz CT molecular complexity index is 1240. The van der Waals surface area contributed by atoms with Crippen molar-refractivity contribution in [2.45, 2.75) is 51.5 Å². The van der Waals surface area contributed by atoms with Gasteiger partial charge in [0.25, 0.3) is 11.5 Å². The second-order valence-electron chi connectivity index (χ2n) is 9.11. The summed E-state index contributed by atoms with van der Waals surface area (Å²) in [5.74, 6) is 0.418. The third-order valence-corrected chi connectivity index (χ3v) is 6.85. The number of rotatable bonds is 8. The highest BCUT2D eigenvalue weighted by Crippen LogP contribution is 2.29. The first-order valence-corrected chi connectivity index (χ1v) is 12.3. The molecule has 0 bridgehead atoms. The number of unbranched alkanes of at least 4 members (excludes halogenated alkanes) is 1. The van der Waals surface area contributed by atoms with Crippen LogP contribution >= 0.6 is 0 Å². The van der Waals surface area contributed by atoms with Crippen molar-refractivity contribution in [3.63, 3.8) is 0 Å². The van der Waals surface area contributed by atoms with E-state index in [1.165, 1.54) is 5.56 Å². The van der Waals surface area contributed by atoms with Crippen molar-refractivity contribution in [2.24, 2.45) is 0 Å². The highest BCUT2D eigenvalue weighted by Gasteiger charge is 2.33. The number of carbonyl (C=O) groups excluding carboxylic acids is 1.